The smallest absolute Gasteiger partial charge is 0.174 e. The first-order valence-corrected chi connectivity index (χ1v) is 12.4. The van der Waals surface area contributed by atoms with Crippen molar-refractivity contribution in [2.45, 2.75) is 22.1 Å². The monoisotopic (exact) mass is 527 g/mol. The van der Waals surface area contributed by atoms with E-state index in [4.69, 9.17) is 44.6 Å². The summed E-state index contributed by atoms with van der Waals surface area (Å²) >= 11 is 19.7. The second kappa shape index (κ2) is 9.88. The van der Waals surface area contributed by atoms with Gasteiger partial charge < -0.3 is 19.4 Å². The van der Waals surface area contributed by atoms with E-state index in [1.165, 1.54) is 11.8 Å². The van der Waals surface area contributed by atoms with Gasteiger partial charge in [-0.25, -0.2) is 0 Å². The summed E-state index contributed by atoms with van der Waals surface area (Å²) in [5.74, 6) is 1.35. The van der Waals surface area contributed by atoms with Crippen molar-refractivity contribution in [3.63, 3.8) is 0 Å². The highest BCUT2D eigenvalue weighted by Crippen LogP contribution is 2.44. The van der Waals surface area contributed by atoms with Crippen LogP contribution in [0.25, 0.3) is 0 Å². The van der Waals surface area contributed by atoms with Gasteiger partial charge in [-0.05, 0) is 78.9 Å². The van der Waals surface area contributed by atoms with Crippen molar-refractivity contribution < 1.29 is 9.15 Å². The Balaban J connectivity index is 1.53. The highest BCUT2D eigenvalue weighted by atomic mass is 35.5. The van der Waals surface area contributed by atoms with Crippen LogP contribution >= 0.6 is 47.2 Å². The van der Waals surface area contributed by atoms with Crippen LogP contribution in [0.15, 0.2) is 93.4 Å². The van der Waals surface area contributed by atoms with Gasteiger partial charge in [-0.3, -0.25) is 4.98 Å². The normalized spacial score (nSPS) is 17.6. The summed E-state index contributed by atoms with van der Waals surface area (Å²) < 4.78 is 11.7. The van der Waals surface area contributed by atoms with Gasteiger partial charge in [0.25, 0.3) is 0 Å². The van der Waals surface area contributed by atoms with Crippen LogP contribution in [0.2, 0.25) is 10.0 Å². The third kappa shape index (κ3) is 4.61. The zero-order valence-electron chi connectivity index (χ0n) is 17.9. The Hall–Kier alpha value is -2.71. The number of hydrogen-bond acceptors (Lipinski definition) is 5. The number of halogens is 2. The molecule has 2 aromatic carbocycles. The van der Waals surface area contributed by atoms with Crippen molar-refractivity contribution in [2.75, 3.05) is 12.0 Å². The topological polar surface area (TPSA) is 50.5 Å². The van der Waals surface area contributed by atoms with Gasteiger partial charge in [0.1, 0.15) is 17.6 Å². The maximum Gasteiger partial charge on any atom is 0.174 e. The molecule has 5 nitrogen and oxygen atoms in total. The molecule has 2 atom stereocenters. The first kappa shape index (κ1) is 23.1. The Morgan fingerprint density at radius 1 is 1.06 bits per heavy atom. The second-order valence-corrected chi connectivity index (χ2v) is 9.84. The van der Waals surface area contributed by atoms with Crippen molar-refractivity contribution in [1.29, 1.82) is 0 Å². The van der Waals surface area contributed by atoms with Gasteiger partial charge in [-0.1, -0.05) is 41.0 Å². The molecule has 172 valence electrons. The van der Waals surface area contributed by atoms with Gasteiger partial charge in [0.05, 0.1) is 23.9 Å². The third-order valence-electron chi connectivity index (χ3n) is 5.44. The number of benzene rings is 2. The molecule has 9 heteroatoms. The van der Waals surface area contributed by atoms with Crippen molar-refractivity contribution >= 4 is 58.0 Å². The minimum absolute atomic E-state index is 0.214. The van der Waals surface area contributed by atoms with Crippen molar-refractivity contribution in [3.8, 4) is 5.75 Å². The SMILES string of the molecule is COc1ccc(N2C(=S)NC(c3ccccn3)C2c2ccc(Sc3ccc(Cl)cc3)o2)cc1Cl. The number of anilines is 1. The molecule has 0 saturated carbocycles. The molecule has 1 aliphatic heterocycles. The van der Waals surface area contributed by atoms with Gasteiger partial charge in [0, 0.05) is 21.8 Å². The molecule has 0 spiro atoms. The fourth-order valence-corrected chi connectivity index (χ4v) is 5.40. The third-order valence-corrected chi connectivity index (χ3v) is 7.23. The minimum Gasteiger partial charge on any atom is -0.495 e. The van der Waals surface area contributed by atoms with E-state index in [1.54, 1.807) is 13.3 Å². The lowest BCUT2D eigenvalue weighted by atomic mass is 10.0. The zero-order chi connectivity index (χ0) is 23.7. The number of nitrogens with one attached hydrogen (secondary N) is 1. The lowest BCUT2D eigenvalue weighted by Gasteiger charge is -2.26. The number of aromatic nitrogens is 1. The van der Waals surface area contributed by atoms with E-state index >= 15 is 0 Å². The summed E-state index contributed by atoms with van der Waals surface area (Å²) in [7, 11) is 1.59. The van der Waals surface area contributed by atoms with Crippen LogP contribution < -0.4 is 15.0 Å². The van der Waals surface area contributed by atoms with Crippen LogP contribution in [-0.2, 0) is 0 Å². The number of nitrogens with zero attached hydrogens (tertiary/aromatic N) is 2. The molecule has 1 fully saturated rings. The predicted octanol–water partition coefficient (Wildman–Crippen LogP) is 7.32. The predicted molar refractivity (Wildman–Crippen MR) is 140 cm³/mol. The quantitative estimate of drug-likeness (QED) is 0.263. The molecule has 4 aromatic rings. The first-order chi connectivity index (χ1) is 16.5. The number of thiocarbonyl (C=S) groups is 1. The second-order valence-electron chi connectivity index (χ2n) is 7.53. The van der Waals surface area contributed by atoms with E-state index in [1.807, 2.05) is 77.7 Å². The fraction of sp³-hybridized carbons (Fsp3) is 0.120. The highest BCUT2D eigenvalue weighted by molar-refractivity contribution is 7.99. The van der Waals surface area contributed by atoms with Gasteiger partial charge in [-0.15, -0.1) is 0 Å². The Bertz CT molecular complexity index is 1320. The Kier molecular flexibility index (Phi) is 6.70. The molecular formula is C25H19Cl2N3O2S2. The summed E-state index contributed by atoms with van der Waals surface area (Å²) in [4.78, 5) is 7.61. The molecule has 0 bridgehead atoms. The molecule has 5 rings (SSSR count). The van der Waals surface area contributed by atoms with Crippen molar-refractivity contribution in [3.05, 3.63) is 100 Å². The summed E-state index contributed by atoms with van der Waals surface area (Å²) in [6.45, 7) is 0. The van der Waals surface area contributed by atoms with E-state index in [0.717, 1.165) is 27.1 Å². The Morgan fingerprint density at radius 2 is 1.88 bits per heavy atom. The molecule has 1 saturated heterocycles. The van der Waals surface area contributed by atoms with Crippen LogP contribution in [-0.4, -0.2) is 17.2 Å². The highest BCUT2D eigenvalue weighted by Gasteiger charge is 2.42. The molecule has 34 heavy (non-hydrogen) atoms. The lowest BCUT2D eigenvalue weighted by molar-refractivity contribution is 0.383. The van der Waals surface area contributed by atoms with E-state index in [0.29, 0.717) is 20.9 Å². The molecular weight excluding hydrogens is 509 g/mol. The number of methoxy groups -OCH3 is 1. The lowest BCUT2D eigenvalue weighted by Crippen LogP contribution is -2.29. The molecule has 2 aromatic heterocycles. The van der Waals surface area contributed by atoms with Gasteiger partial charge in [-0.2, -0.15) is 0 Å². The zero-order valence-corrected chi connectivity index (χ0v) is 21.1. The van der Waals surface area contributed by atoms with E-state index in [-0.39, 0.29) is 12.1 Å². The largest absolute Gasteiger partial charge is 0.495 e. The average Bonchev–Trinajstić information content (AvgIpc) is 3.45. The maximum atomic E-state index is 6.44. The molecule has 0 aliphatic carbocycles. The van der Waals surface area contributed by atoms with Gasteiger partial charge in [0.15, 0.2) is 10.2 Å². The fourth-order valence-electron chi connectivity index (χ4n) is 3.89. The summed E-state index contributed by atoms with van der Waals surface area (Å²) in [5.41, 5.74) is 1.69. The van der Waals surface area contributed by atoms with Crippen LogP contribution in [0.3, 0.4) is 0 Å². The van der Waals surface area contributed by atoms with Crippen LogP contribution in [0, 0.1) is 0 Å². The number of furan rings is 1. The van der Waals surface area contributed by atoms with Crippen LogP contribution in [0.1, 0.15) is 23.5 Å². The first-order valence-electron chi connectivity index (χ1n) is 10.4. The van der Waals surface area contributed by atoms with Crippen LogP contribution in [0.5, 0.6) is 5.75 Å². The van der Waals surface area contributed by atoms with Crippen molar-refractivity contribution in [2.24, 2.45) is 0 Å². The molecule has 0 amide bonds. The minimum atomic E-state index is -0.272. The molecule has 0 radical (unpaired) electrons. The summed E-state index contributed by atoms with van der Waals surface area (Å²) in [6, 6.07) is 22.5. The Labute approximate surface area is 217 Å². The van der Waals surface area contributed by atoms with Crippen molar-refractivity contribution in [1.82, 2.24) is 10.3 Å². The Morgan fingerprint density at radius 3 is 2.59 bits per heavy atom. The van der Waals surface area contributed by atoms with E-state index in [2.05, 4.69) is 10.3 Å². The maximum absolute atomic E-state index is 6.44. The van der Waals surface area contributed by atoms with Gasteiger partial charge in [0.2, 0.25) is 0 Å². The molecule has 3 heterocycles. The number of rotatable bonds is 6. The average molecular weight is 528 g/mol. The molecule has 2 unspecified atom stereocenters. The molecule has 1 N–H and O–H groups in total. The number of pyridine rings is 1. The summed E-state index contributed by atoms with van der Waals surface area (Å²) in [5, 5.41) is 5.94. The van der Waals surface area contributed by atoms with E-state index < -0.39 is 0 Å². The van der Waals surface area contributed by atoms with Gasteiger partial charge >= 0.3 is 0 Å². The molecule has 1 aliphatic rings. The van der Waals surface area contributed by atoms with Crippen LogP contribution in [0.4, 0.5) is 5.69 Å². The standard InChI is InChI=1S/C25H19Cl2N3O2S2/c1-31-20-10-7-16(14-18(20)27)30-24(23(29-25(30)33)19-4-2-3-13-28-19)21-11-12-22(32-21)34-17-8-5-15(26)6-9-17/h2-14,23-24H,1H3,(H,29,33). The van der Waals surface area contributed by atoms with E-state index in [9.17, 15) is 0 Å². The number of ether oxygens (including phenoxy) is 1. The number of hydrogen-bond donors (Lipinski definition) is 1. The summed E-state index contributed by atoms with van der Waals surface area (Å²) in [6.07, 6.45) is 1.77.